The minimum atomic E-state index is -0.432. The number of nitrogens with one attached hydrogen (secondary N) is 2. The van der Waals surface area contributed by atoms with Crippen molar-refractivity contribution in [1.29, 1.82) is 0 Å². The zero-order valence-electron chi connectivity index (χ0n) is 17.7. The summed E-state index contributed by atoms with van der Waals surface area (Å²) in [7, 11) is 0. The lowest BCUT2D eigenvalue weighted by atomic mass is 10.1. The van der Waals surface area contributed by atoms with E-state index in [2.05, 4.69) is 58.5 Å². The summed E-state index contributed by atoms with van der Waals surface area (Å²) in [6, 6.07) is 16.1. The second kappa shape index (κ2) is 8.71. The number of carbonyl (C=O) groups is 1. The van der Waals surface area contributed by atoms with Crippen molar-refractivity contribution in [1.82, 2.24) is 15.1 Å². The van der Waals surface area contributed by atoms with E-state index in [-0.39, 0.29) is 6.10 Å². The molecule has 1 heterocycles. The van der Waals surface area contributed by atoms with E-state index in [1.165, 1.54) is 16.7 Å². The first kappa shape index (κ1) is 20.2. The molecule has 2 aromatic carbocycles. The Hall–Kier alpha value is -3.12. The van der Waals surface area contributed by atoms with Gasteiger partial charge in [0.1, 0.15) is 6.10 Å². The molecule has 1 aromatic heterocycles. The highest BCUT2D eigenvalue weighted by atomic mass is 16.6. The first-order valence-corrected chi connectivity index (χ1v) is 10.5. The van der Waals surface area contributed by atoms with E-state index in [4.69, 9.17) is 4.74 Å². The predicted octanol–water partition coefficient (Wildman–Crippen LogP) is 4.93. The van der Waals surface area contributed by atoms with E-state index in [1.54, 1.807) is 0 Å². The molecular formula is C24H28N4O2. The number of carbonyl (C=O) groups excluding carboxylic acids is 1. The molecule has 30 heavy (non-hydrogen) atoms. The summed E-state index contributed by atoms with van der Waals surface area (Å²) in [5.41, 5.74) is 7.56. The number of aromatic amines is 1. The third-order valence-electron chi connectivity index (χ3n) is 5.64. The number of H-pyrrole nitrogens is 1. The molecule has 0 bridgehead atoms. The number of hydrogen-bond acceptors (Lipinski definition) is 4. The summed E-state index contributed by atoms with van der Waals surface area (Å²) >= 11 is 0. The number of ether oxygens (including phenoxy) is 1. The molecule has 0 spiro atoms. The Labute approximate surface area is 177 Å². The number of benzene rings is 2. The highest BCUT2D eigenvalue weighted by molar-refractivity contribution is 5.86. The summed E-state index contributed by atoms with van der Waals surface area (Å²) < 4.78 is 5.48. The third kappa shape index (κ3) is 4.09. The molecule has 6 nitrogen and oxygen atoms in total. The Morgan fingerprint density at radius 2 is 1.90 bits per heavy atom. The van der Waals surface area contributed by atoms with Crippen LogP contribution in [0.15, 0.2) is 48.5 Å². The summed E-state index contributed by atoms with van der Waals surface area (Å²) in [6.07, 6.45) is 0.282. The van der Waals surface area contributed by atoms with Crippen LogP contribution in [0.3, 0.4) is 0 Å². The standard InChI is InChI=1S/C24H28N4O2/c1-4-28(5-2)15-16(3)30-24(29)25-19-12-10-17(11-13-19)22-21-14-18-8-6-7-9-20(18)23(21)27-26-22/h6-13,16H,4-5,14-15H2,1-3H3,(H,25,29)(H,26,27). The number of aromatic nitrogens is 2. The molecule has 4 rings (SSSR count). The van der Waals surface area contributed by atoms with Crippen molar-refractivity contribution in [2.75, 3.05) is 25.0 Å². The number of likely N-dealkylation sites (N-methyl/N-ethyl adjacent to an activating group) is 1. The average molecular weight is 405 g/mol. The number of rotatable bonds is 7. The van der Waals surface area contributed by atoms with Gasteiger partial charge in [0.05, 0.1) is 11.4 Å². The molecule has 2 N–H and O–H groups in total. The molecule has 1 unspecified atom stereocenters. The fourth-order valence-electron chi connectivity index (χ4n) is 4.03. The molecular weight excluding hydrogens is 376 g/mol. The fourth-order valence-corrected chi connectivity index (χ4v) is 4.03. The van der Waals surface area contributed by atoms with Crippen LogP contribution in [0.5, 0.6) is 0 Å². The number of hydrogen-bond donors (Lipinski definition) is 2. The zero-order chi connectivity index (χ0) is 21.1. The van der Waals surface area contributed by atoms with Gasteiger partial charge in [-0.25, -0.2) is 4.79 Å². The summed E-state index contributed by atoms with van der Waals surface area (Å²) in [6.45, 7) is 8.73. The smallest absolute Gasteiger partial charge is 0.411 e. The van der Waals surface area contributed by atoms with Crippen LogP contribution in [0.1, 0.15) is 31.9 Å². The molecule has 0 fully saturated rings. The van der Waals surface area contributed by atoms with Gasteiger partial charge in [0.15, 0.2) is 0 Å². The van der Waals surface area contributed by atoms with Gasteiger partial charge in [-0.3, -0.25) is 10.4 Å². The van der Waals surface area contributed by atoms with Gasteiger partial charge in [-0.05, 0) is 37.7 Å². The highest BCUT2D eigenvalue weighted by Gasteiger charge is 2.24. The summed E-state index contributed by atoms with van der Waals surface area (Å²) in [5, 5.41) is 10.5. The van der Waals surface area contributed by atoms with Crippen molar-refractivity contribution < 1.29 is 9.53 Å². The van der Waals surface area contributed by atoms with Crippen LogP contribution in [-0.4, -0.2) is 46.9 Å². The monoisotopic (exact) mass is 404 g/mol. The third-order valence-corrected chi connectivity index (χ3v) is 5.64. The molecule has 1 aliphatic carbocycles. The fraction of sp³-hybridized carbons (Fsp3) is 0.333. The summed E-state index contributed by atoms with van der Waals surface area (Å²) in [5.74, 6) is 0. The van der Waals surface area contributed by atoms with Crippen LogP contribution in [0.4, 0.5) is 10.5 Å². The number of anilines is 1. The number of nitrogens with zero attached hydrogens (tertiary/aromatic N) is 2. The van der Waals surface area contributed by atoms with E-state index in [0.717, 1.165) is 43.0 Å². The quantitative estimate of drug-likeness (QED) is 0.458. The normalized spacial score (nSPS) is 13.1. The van der Waals surface area contributed by atoms with Gasteiger partial charge < -0.3 is 9.64 Å². The molecule has 1 amide bonds. The minimum absolute atomic E-state index is 0.169. The molecule has 0 aliphatic heterocycles. The lowest BCUT2D eigenvalue weighted by molar-refractivity contribution is 0.0929. The Kier molecular flexibility index (Phi) is 5.86. The largest absolute Gasteiger partial charge is 0.445 e. The zero-order valence-corrected chi connectivity index (χ0v) is 17.7. The van der Waals surface area contributed by atoms with Gasteiger partial charge in [-0.1, -0.05) is 50.2 Å². The Morgan fingerprint density at radius 3 is 2.63 bits per heavy atom. The molecule has 1 atom stereocenters. The van der Waals surface area contributed by atoms with Crippen molar-refractivity contribution in [3.8, 4) is 22.5 Å². The van der Waals surface area contributed by atoms with Gasteiger partial charge in [0, 0.05) is 35.3 Å². The first-order chi connectivity index (χ1) is 14.6. The van der Waals surface area contributed by atoms with Gasteiger partial charge in [-0.15, -0.1) is 0 Å². The number of fused-ring (bicyclic) bond motifs is 3. The second-order valence-corrected chi connectivity index (χ2v) is 7.66. The van der Waals surface area contributed by atoms with Crippen LogP contribution in [0.2, 0.25) is 0 Å². The van der Waals surface area contributed by atoms with Crippen LogP contribution in [-0.2, 0) is 11.2 Å². The lowest BCUT2D eigenvalue weighted by Gasteiger charge is -2.22. The van der Waals surface area contributed by atoms with E-state index in [0.29, 0.717) is 5.69 Å². The maximum atomic E-state index is 12.2. The maximum absolute atomic E-state index is 12.2. The molecule has 0 saturated heterocycles. The molecule has 0 radical (unpaired) electrons. The van der Waals surface area contributed by atoms with Crippen LogP contribution in [0, 0.1) is 0 Å². The molecule has 1 aliphatic rings. The summed E-state index contributed by atoms with van der Waals surface area (Å²) in [4.78, 5) is 14.4. The topological polar surface area (TPSA) is 70.2 Å². The molecule has 156 valence electrons. The lowest BCUT2D eigenvalue weighted by Crippen LogP contribution is -2.34. The predicted molar refractivity (Wildman–Crippen MR) is 120 cm³/mol. The van der Waals surface area contributed by atoms with E-state index in [9.17, 15) is 4.79 Å². The van der Waals surface area contributed by atoms with Gasteiger partial charge in [-0.2, -0.15) is 5.10 Å². The number of amides is 1. The minimum Gasteiger partial charge on any atom is -0.445 e. The maximum Gasteiger partial charge on any atom is 0.411 e. The van der Waals surface area contributed by atoms with E-state index >= 15 is 0 Å². The van der Waals surface area contributed by atoms with Crippen molar-refractivity contribution in [2.45, 2.75) is 33.3 Å². The van der Waals surface area contributed by atoms with E-state index < -0.39 is 6.09 Å². The van der Waals surface area contributed by atoms with Crippen LogP contribution in [0.25, 0.3) is 22.5 Å². The Balaban J connectivity index is 1.40. The van der Waals surface area contributed by atoms with Crippen molar-refractivity contribution >= 4 is 11.8 Å². The van der Waals surface area contributed by atoms with Crippen molar-refractivity contribution in [3.05, 3.63) is 59.7 Å². The SMILES string of the molecule is CCN(CC)CC(C)OC(=O)Nc1ccc(-c2n[nH]c3c2Cc2ccccc2-3)cc1. The van der Waals surface area contributed by atoms with Crippen LogP contribution >= 0.6 is 0 Å². The Morgan fingerprint density at radius 1 is 1.17 bits per heavy atom. The van der Waals surface area contributed by atoms with Crippen molar-refractivity contribution in [2.24, 2.45) is 0 Å². The van der Waals surface area contributed by atoms with E-state index in [1.807, 2.05) is 31.2 Å². The Bertz CT molecular complexity index is 1020. The average Bonchev–Trinajstić information content (AvgIpc) is 3.32. The molecule has 6 heteroatoms. The van der Waals surface area contributed by atoms with Gasteiger partial charge in [0.25, 0.3) is 0 Å². The second-order valence-electron chi connectivity index (χ2n) is 7.66. The van der Waals surface area contributed by atoms with Gasteiger partial charge in [0.2, 0.25) is 0 Å². The van der Waals surface area contributed by atoms with Crippen molar-refractivity contribution in [3.63, 3.8) is 0 Å². The highest BCUT2D eigenvalue weighted by Crippen LogP contribution is 2.39. The van der Waals surface area contributed by atoms with Crippen LogP contribution < -0.4 is 5.32 Å². The molecule has 0 saturated carbocycles. The first-order valence-electron chi connectivity index (χ1n) is 10.5. The molecule has 3 aromatic rings. The van der Waals surface area contributed by atoms with Gasteiger partial charge >= 0.3 is 6.09 Å².